The molecule has 11 heteroatoms. The van der Waals surface area contributed by atoms with Crippen molar-refractivity contribution in [1.29, 1.82) is 0 Å². The van der Waals surface area contributed by atoms with E-state index in [-0.39, 0.29) is 29.0 Å². The fourth-order valence-electron chi connectivity index (χ4n) is 3.30. The van der Waals surface area contributed by atoms with Gasteiger partial charge in [-0.1, -0.05) is 6.07 Å². The molecule has 1 aliphatic heterocycles. The average Bonchev–Trinajstić information content (AvgIpc) is 3.18. The lowest BCUT2D eigenvalue weighted by Crippen LogP contribution is -2.37. The van der Waals surface area contributed by atoms with Crippen LogP contribution in [0.1, 0.15) is 30.3 Å². The quantitative estimate of drug-likeness (QED) is 0.425. The number of carbonyl (C=O) groups is 2. The number of nitrogens with zero attached hydrogens (tertiary/aromatic N) is 4. The largest absolute Gasteiger partial charge is 0.466 e. The summed E-state index contributed by atoms with van der Waals surface area (Å²) in [6.07, 6.45) is 1.12. The van der Waals surface area contributed by atoms with Gasteiger partial charge in [-0.25, -0.2) is 0 Å². The lowest BCUT2D eigenvalue weighted by molar-refractivity contribution is -0.384. The van der Waals surface area contributed by atoms with Crippen molar-refractivity contribution < 1.29 is 19.2 Å². The number of piperidine rings is 1. The molecule has 1 aromatic heterocycles. The number of nitrogens with two attached hydrogens (primary N) is 1. The summed E-state index contributed by atoms with van der Waals surface area (Å²) in [6, 6.07) is 4.58. The van der Waals surface area contributed by atoms with Crippen LogP contribution in [0.25, 0.3) is 11.3 Å². The molecule has 1 amide bonds. The molecule has 2 heterocycles. The van der Waals surface area contributed by atoms with Crippen molar-refractivity contribution in [2.45, 2.75) is 19.8 Å². The molecule has 1 saturated heterocycles. The van der Waals surface area contributed by atoms with Crippen LogP contribution in [0.2, 0.25) is 0 Å². The number of anilines is 1. The number of H-pyrrole nitrogens is 1. The zero-order chi connectivity index (χ0) is 20.3. The summed E-state index contributed by atoms with van der Waals surface area (Å²) in [4.78, 5) is 36.3. The Bertz CT molecular complexity index is 903. The van der Waals surface area contributed by atoms with Gasteiger partial charge < -0.3 is 15.4 Å². The third-order valence-electron chi connectivity index (χ3n) is 4.68. The number of ether oxygens (including phenoxy) is 1. The molecule has 0 unspecified atom stereocenters. The summed E-state index contributed by atoms with van der Waals surface area (Å²) in [5.74, 6) is -1.20. The van der Waals surface area contributed by atoms with E-state index in [1.54, 1.807) is 19.1 Å². The molecule has 0 radical (unpaired) electrons. The Morgan fingerprint density at radius 1 is 1.36 bits per heavy atom. The highest BCUT2D eigenvalue weighted by molar-refractivity contribution is 5.97. The number of aromatic nitrogens is 3. The Morgan fingerprint density at radius 3 is 2.68 bits per heavy atom. The molecule has 0 saturated carbocycles. The van der Waals surface area contributed by atoms with Crippen LogP contribution >= 0.6 is 0 Å². The number of esters is 1. The maximum absolute atomic E-state index is 11.9. The summed E-state index contributed by atoms with van der Waals surface area (Å²) in [7, 11) is 0. The highest BCUT2D eigenvalue weighted by atomic mass is 16.6. The second-order valence-electron chi connectivity index (χ2n) is 6.36. The van der Waals surface area contributed by atoms with Gasteiger partial charge >= 0.3 is 5.97 Å². The van der Waals surface area contributed by atoms with E-state index in [2.05, 4.69) is 15.4 Å². The van der Waals surface area contributed by atoms with Gasteiger partial charge in [0.15, 0.2) is 5.69 Å². The molecule has 0 atom stereocenters. The third-order valence-corrected chi connectivity index (χ3v) is 4.68. The maximum atomic E-state index is 11.9. The molecule has 2 aromatic rings. The number of nitro groups is 1. The standard InChI is InChI=1S/C17H20N6O5/c1-2-28-17(25)10-5-7-22(8-6-10)12-4-3-11(9-13(12)23(26)27)14-15(16(18)24)20-21-19-14/h3-4,9-10H,2,5-8H2,1H3,(H2,18,24)(H,19,20,21). The van der Waals surface area contributed by atoms with Crippen molar-refractivity contribution in [2.75, 3.05) is 24.6 Å². The summed E-state index contributed by atoms with van der Waals surface area (Å²) in [5, 5.41) is 21.5. The van der Waals surface area contributed by atoms with Crippen LogP contribution in [0.3, 0.4) is 0 Å². The first-order valence-corrected chi connectivity index (χ1v) is 8.83. The molecule has 1 aliphatic rings. The molecule has 148 valence electrons. The number of rotatable bonds is 6. The zero-order valence-electron chi connectivity index (χ0n) is 15.3. The van der Waals surface area contributed by atoms with E-state index in [1.165, 1.54) is 6.07 Å². The van der Waals surface area contributed by atoms with E-state index in [0.29, 0.717) is 43.8 Å². The molecule has 0 bridgehead atoms. The Morgan fingerprint density at radius 2 is 2.07 bits per heavy atom. The molecule has 3 rings (SSSR count). The Labute approximate surface area is 160 Å². The van der Waals surface area contributed by atoms with Crippen molar-refractivity contribution in [3.63, 3.8) is 0 Å². The first kappa shape index (κ1) is 19.3. The highest BCUT2D eigenvalue weighted by Crippen LogP contribution is 2.35. The minimum absolute atomic E-state index is 0.0858. The summed E-state index contributed by atoms with van der Waals surface area (Å²) in [5.41, 5.74) is 6.01. The van der Waals surface area contributed by atoms with E-state index in [0.717, 1.165) is 0 Å². The molecule has 1 fully saturated rings. The Hall–Kier alpha value is -3.50. The van der Waals surface area contributed by atoms with Gasteiger partial charge in [-0.3, -0.25) is 19.7 Å². The summed E-state index contributed by atoms with van der Waals surface area (Å²) >= 11 is 0. The van der Waals surface area contributed by atoms with Gasteiger partial charge in [0.1, 0.15) is 11.4 Å². The van der Waals surface area contributed by atoms with Gasteiger partial charge in [0, 0.05) is 24.7 Å². The summed E-state index contributed by atoms with van der Waals surface area (Å²) < 4.78 is 5.05. The predicted octanol–water partition coefficient (Wildman–Crippen LogP) is 1.26. The number of aromatic amines is 1. The van der Waals surface area contributed by atoms with E-state index >= 15 is 0 Å². The minimum atomic E-state index is -0.781. The second kappa shape index (κ2) is 8.03. The number of primary amides is 1. The lowest BCUT2D eigenvalue weighted by Gasteiger charge is -2.32. The first-order chi connectivity index (χ1) is 13.4. The van der Waals surface area contributed by atoms with Crippen LogP contribution < -0.4 is 10.6 Å². The number of nitro benzene ring substituents is 1. The van der Waals surface area contributed by atoms with Crippen LogP contribution in [0.4, 0.5) is 11.4 Å². The maximum Gasteiger partial charge on any atom is 0.309 e. The van der Waals surface area contributed by atoms with Crippen LogP contribution in [0, 0.1) is 16.0 Å². The number of benzene rings is 1. The smallest absolute Gasteiger partial charge is 0.309 e. The molecule has 0 spiro atoms. The van der Waals surface area contributed by atoms with Gasteiger partial charge in [0.2, 0.25) is 0 Å². The van der Waals surface area contributed by atoms with Crippen LogP contribution in [0.5, 0.6) is 0 Å². The number of hydrogen-bond acceptors (Lipinski definition) is 8. The SMILES string of the molecule is CCOC(=O)C1CCN(c2ccc(-c3n[nH]nc3C(N)=O)cc2[N+](=O)[O-])CC1. The number of nitrogens with one attached hydrogen (secondary N) is 1. The van der Waals surface area contributed by atoms with Crippen molar-refractivity contribution in [1.82, 2.24) is 15.4 Å². The zero-order valence-corrected chi connectivity index (χ0v) is 15.3. The number of carbonyl (C=O) groups excluding carboxylic acids is 2. The first-order valence-electron chi connectivity index (χ1n) is 8.83. The monoisotopic (exact) mass is 388 g/mol. The van der Waals surface area contributed by atoms with Gasteiger partial charge in [-0.05, 0) is 25.8 Å². The molecular weight excluding hydrogens is 368 g/mol. The minimum Gasteiger partial charge on any atom is -0.466 e. The highest BCUT2D eigenvalue weighted by Gasteiger charge is 2.29. The van der Waals surface area contributed by atoms with Crippen molar-refractivity contribution >= 4 is 23.3 Å². The fourth-order valence-corrected chi connectivity index (χ4v) is 3.30. The molecular formula is C17H20N6O5. The van der Waals surface area contributed by atoms with Crippen LogP contribution in [-0.4, -0.2) is 51.9 Å². The van der Waals surface area contributed by atoms with Gasteiger partial charge in [-0.15, -0.1) is 0 Å². The average molecular weight is 388 g/mol. The number of amides is 1. The van der Waals surface area contributed by atoms with E-state index in [4.69, 9.17) is 10.5 Å². The van der Waals surface area contributed by atoms with Gasteiger partial charge in [-0.2, -0.15) is 15.4 Å². The lowest BCUT2D eigenvalue weighted by atomic mass is 9.96. The normalized spacial score (nSPS) is 14.7. The Balaban J connectivity index is 1.85. The van der Waals surface area contributed by atoms with Crippen LogP contribution in [-0.2, 0) is 9.53 Å². The summed E-state index contributed by atoms with van der Waals surface area (Å²) in [6.45, 7) is 3.10. The predicted molar refractivity (Wildman–Crippen MR) is 98.6 cm³/mol. The molecule has 0 aliphatic carbocycles. The second-order valence-corrected chi connectivity index (χ2v) is 6.36. The number of hydrogen-bond donors (Lipinski definition) is 2. The Kier molecular flexibility index (Phi) is 5.52. The van der Waals surface area contributed by atoms with E-state index < -0.39 is 10.8 Å². The third kappa shape index (κ3) is 3.77. The molecule has 28 heavy (non-hydrogen) atoms. The molecule has 1 aromatic carbocycles. The van der Waals surface area contributed by atoms with Gasteiger partial charge in [0.25, 0.3) is 11.6 Å². The van der Waals surface area contributed by atoms with E-state index in [1.807, 2.05) is 4.90 Å². The topological polar surface area (TPSA) is 157 Å². The van der Waals surface area contributed by atoms with Crippen molar-refractivity contribution in [3.05, 3.63) is 34.0 Å². The van der Waals surface area contributed by atoms with Crippen molar-refractivity contribution in [2.24, 2.45) is 11.7 Å². The fraction of sp³-hybridized carbons (Fsp3) is 0.412. The van der Waals surface area contributed by atoms with Gasteiger partial charge in [0.05, 0.1) is 17.4 Å². The molecule has 3 N–H and O–H groups in total. The van der Waals surface area contributed by atoms with Crippen molar-refractivity contribution in [3.8, 4) is 11.3 Å². The molecule has 11 nitrogen and oxygen atoms in total. The van der Waals surface area contributed by atoms with E-state index in [9.17, 15) is 19.7 Å². The van der Waals surface area contributed by atoms with Crippen LogP contribution in [0.15, 0.2) is 18.2 Å².